The summed E-state index contributed by atoms with van der Waals surface area (Å²) in [7, 11) is 0. The predicted octanol–water partition coefficient (Wildman–Crippen LogP) is 14.6. The third-order valence-corrected chi connectivity index (χ3v) is 10.7. The molecule has 0 atom stereocenters. The first kappa shape index (κ1) is 29.6. The van der Waals surface area contributed by atoms with Crippen molar-refractivity contribution in [3.63, 3.8) is 0 Å². The Bertz CT molecular complexity index is 3180. The van der Waals surface area contributed by atoms with E-state index in [2.05, 4.69) is 169 Å². The zero-order chi connectivity index (χ0) is 34.9. The second kappa shape index (κ2) is 11.7. The van der Waals surface area contributed by atoms with Crippen molar-refractivity contribution >= 4 is 82.5 Å². The van der Waals surface area contributed by atoms with E-state index in [0.717, 1.165) is 72.1 Å². The van der Waals surface area contributed by atoms with Gasteiger partial charge in [-0.05, 0) is 98.9 Å². The molecule has 2 aromatic heterocycles. The number of hydrogen-bond donors (Lipinski definition) is 0. The number of fused-ring (bicyclic) bond motifs is 9. The molecule has 9 aromatic carbocycles. The van der Waals surface area contributed by atoms with Crippen molar-refractivity contribution in [2.24, 2.45) is 0 Å². The highest BCUT2D eigenvalue weighted by molar-refractivity contribution is 6.15. The van der Waals surface area contributed by atoms with Gasteiger partial charge in [-0.1, -0.05) is 127 Å². The lowest BCUT2D eigenvalue weighted by atomic mass is 9.93. The van der Waals surface area contributed by atoms with E-state index in [1.54, 1.807) is 0 Å². The number of nitrogens with zero attached hydrogens (tertiary/aromatic N) is 1. The summed E-state index contributed by atoms with van der Waals surface area (Å²) in [6.45, 7) is 0. The number of rotatable bonds is 5. The van der Waals surface area contributed by atoms with Crippen LogP contribution in [0.5, 0.6) is 0 Å². The van der Waals surface area contributed by atoms with Crippen molar-refractivity contribution in [2.75, 3.05) is 4.90 Å². The van der Waals surface area contributed by atoms with E-state index in [-0.39, 0.29) is 0 Å². The highest BCUT2D eigenvalue weighted by atomic mass is 16.3. The van der Waals surface area contributed by atoms with E-state index in [1.807, 2.05) is 24.3 Å². The lowest BCUT2D eigenvalue weighted by Gasteiger charge is -2.28. The fourth-order valence-electron chi connectivity index (χ4n) is 8.24. The molecule has 0 radical (unpaired) electrons. The average Bonchev–Trinajstić information content (AvgIpc) is 3.80. The molecular weight excluding hydrogens is 647 g/mol. The molecular formula is C50H31NO2. The Hall–Kier alpha value is -7.10. The van der Waals surface area contributed by atoms with Crippen LogP contribution in [0.1, 0.15) is 0 Å². The van der Waals surface area contributed by atoms with Gasteiger partial charge in [-0.3, -0.25) is 0 Å². The SMILES string of the molecule is c1ccc(N(c2ccc(-c3cc4ccccc4c4ccccc34)cc2)c2cccc3oc4ccccc4c23)c(-c2ccc3oc4ccccc4c3c2)c1. The topological polar surface area (TPSA) is 29.5 Å². The van der Waals surface area contributed by atoms with Crippen LogP contribution in [0, 0.1) is 0 Å². The van der Waals surface area contributed by atoms with E-state index < -0.39 is 0 Å². The molecule has 0 bridgehead atoms. The number of furan rings is 2. The first-order valence-corrected chi connectivity index (χ1v) is 18.0. The van der Waals surface area contributed by atoms with Crippen molar-refractivity contribution in [3.05, 3.63) is 188 Å². The molecule has 11 rings (SSSR count). The zero-order valence-electron chi connectivity index (χ0n) is 28.7. The number of anilines is 3. The molecule has 0 aliphatic heterocycles. The van der Waals surface area contributed by atoms with Gasteiger partial charge in [0.25, 0.3) is 0 Å². The van der Waals surface area contributed by atoms with Gasteiger partial charge in [0.2, 0.25) is 0 Å². The normalized spacial score (nSPS) is 11.8. The van der Waals surface area contributed by atoms with E-state index in [4.69, 9.17) is 8.83 Å². The molecule has 248 valence electrons. The van der Waals surface area contributed by atoms with Crippen LogP contribution in [0.4, 0.5) is 17.1 Å². The van der Waals surface area contributed by atoms with Crippen LogP contribution in [-0.2, 0) is 0 Å². The largest absolute Gasteiger partial charge is 0.456 e. The fourth-order valence-corrected chi connectivity index (χ4v) is 8.24. The summed E-state index contributed by atoms with van der Waals surface area (Å²) in [4.78, 5) is 2.39. The molecule has 0 unspecified atom stereocenters. The number of benzene rings is 9. The summed E-state index contributed by atoms with van der Waals surface area (Å²) in [6.07, 6.45) is 0. The van der Waals surface area contributed by atoms with Crippen LogP contribution >= 0.6 is 0 Å². The second-order valence-corrected chi connectivity index (χ2v) is 13.6. The molecule has 0 aliphatic carbocycles. The Labute approximate surface area is 305 Å². The molecule has 0 saturated heterocycles. The first-order valence-electron chi connectivity index (χ1n) is 18.0. The van der Waals surface area contributed by atoms with Crippen molar-refractivity contribution in [3.8, 4) is 22.3 Å². The maximum Gasteiger partial charge on any atom is 0.137 e. The summed E-state index contributed by atoms with van der Waals surface area (Å²) >= 11 is 0. The molecule has 0 spiro atoms. The Morgan fingerprint density at radius 2 is 0.906 bits per heavy atom. The van der Waals surface area contributed by atoms with Crippen LogP contribution < -0.4 is 4.90 Å². The van der Waals surface area contributed by atoms with Crippen LogP contribution in [0.15, 0.2) is 197 Å². The highest BCUT2D eigenvalue weighted by Crippen LogP contribution is 2.47. The van der Waals surface area contributed by atoms with Gasteiger partial charge in [-0.2, -0.15) is 0 Å². The molecule has 11 aromatic rings. The molecule has 3 heteroatoms. The van der Waals surface area contributed by atoms with Gasteiger partial charge in [-0.15, -0.1) is 0 Å². The maximum atomic E-state index is 6.43. The van der Waals surface area contributed by atoms with Gasteiger partial charge < -0.3 is 13.7 Å². The highest BCUT2D eigenvalue weighted by Gasteiger charge is 2.22. The molecule has 0 aliphatic rings. The molecule has 0 N–H and O–H groups in total. The van der Waals surface area contributed by atoms with Gasteiger partial charge in [0.05, 0.1) is 16.8 Å². The van der Waals surface area contributed by atoms with Gasteiger partial charge in [-0.25, -0.2) is 0 Å². The standard InChI is InChI=1S/C50H31NO2/c1-2-13-36-33(12-1)30-42(39-16-4-3-15-38(36)39)32-24-27-35(28-25-32)51(45-20-11-23-49-50(45)41-18-7-10-22-47(41)53-49)44-19-8-5-14-37(44)34-26-29-48-43(31-34)40-17-6-9-21-46(40)52-48/h1-31H. The Morgan fingerprint density at radius 1 is 0.321 bits per heavy atom. The monoisotopic (exact) mass is 677 g/mol. The third kappa shape index (κ3) is 4.68. The Morgan fingerprint density at radius 3 is 1.75 bits per heavy atom. The van der Waals surface area contributed by atoms with E-state index in [0.29, 0.717) is 0 Å². The first-order chi connectivity index (χ1) is 26.3. The van der Waals surface area contributed by atoms with Crippen LogP contribution in [0.25, 0.3) is 87.7 Å². The lowest BCUT2D eigenvalue weighted by molar-refractivity contribution is 0.668. The van der Waals surface area contributed by atoms with Gasteiger partial charge in [0.15, 0.2) is 0 Å². The quantitative estimate of drug-likeness (QED) is 0.170. The molecule has 2 heterocycles. The van der Waals surface area contributed by atoms with Crippen LogP contribution in [-0.4, -0.2) is 0 Å². The number of para-hydroxylation sites is 3. The minimum Gasteiger partial charge on any atom is -0.456 e. The molecule has 0 saturated carbocycles. The summed E-state index contributed by atoms with van der Waals surface area (Å²) in [5.74, 6) is 0. The van der Waals surface area contributed by atoms with Crippen LogP contribution in [0.3, 0.4) is 0 Å². The molecule has 53 heavy (non-hydrogen) atoms. The Balaban J connectivity index is 1.14. The van der Waals surface area contributed by atoms with Gasteiger partial charge in [0.1, 0.15) is 22.3 Å². The van der Waals surface area contributed by atoms with Gasteiger partial charge >= 0.3 is 0 Å². The predicted molar refractivity (Wildman–Crippen MR) is 222 cm³/mol. The van der Waals surface area contributed by atoms with E-state index >= 15 is 0 Å². The number of hydrogen-bond acceptors (Lipinski definition) is 3. The van der Waals surface area contributed by atoms with E-state index in [9.17, 15) is 0 Å². The smallest absolute Gasteiger partial charge is 0.137 e. The van der Waals surface area contributed by atoms with Crippen molar-refractivity contribution in [2.45, 2.75) is 0 Å². The summed E-state index contributed by atoms with van der Waals surface area (Å²) in [6, 6.07) is 66.9. The van der Waals surface area contributed by atoms with Crippen LogP contribution in [0.2, 0.25) is 0 Å². The van der Waals surface area contributed by atoms with Gasteiger partial charge in [0, 0.05) is 27.4 Å². The zero-order valence-corrected chi connectivity index (χ0v) is 28.7. The minimum absolute atomic E-state index is 0.858. The minimum atomic E-state index is 0.858. The molecule has 3 nitrogen and oxygen atoms in total. The molecule has 0 fully saturated rings. The van der Waals surface area contributed by atoms with Crippen molar-refractivity contribution in [1.29, 1.82) is 0 Å². The summed E-state index contributed by atoms with van der Waals surface area (Å²) < 4.78 is 12.6. The second-order valence-electron chi connectivity index (χ2n) is 13.6. The summed E-state index contributed by atoms with van der Waals surface area (Å²) in [5.41, 5.74) is 11.3. The average molecular weight is 678 g/mol. The van der Waals surface area contributed by atoms with E-state index in [1.165, 1.54) is 32.7 Å². The molecule has 0 amide bonds. The maximum absolute atomic E-state index is 6.43. The Kier molecular flexibility index (Phi) is 6.55. The van der Waals surface area contributed by atoms with Crippen molar-refractivity contribution in [1.82, 2.24) is 0 Å². The van der Waals surface area contributed by atoms with Crippen molar-refractivity contribution < 1.29 is 8.83 Å². The third-order valence-electron chi connectivity index (χ3n) is 10.7. The lowest BCUT2D eigenvalue weighted by Crippen LogP contribution is -2.11. The summed E-state index contributed by atoms with van der Waals surface area (Å²) in [5, 5.41) is 9.42. The fraction of sp³-hybridized carbons (Fsp3) is 0.